The number of aromatic amines is 1. The molecule has 3 aromatic heterocycles. The molecule has 8 nitrogen and oxygen atoms in total. The van der Waals surface area contributed by atoms with Crippen molar-refractivity contribution in [2.24, 2.45) is 0 Å². The summed E-state index contributed by atoms with van der Waals surface area (Å²) >= 11 is 0. The molecule has 144 valence electrons. The number of hydrogen-bond acceptors (Lipinski definition) is 6. The molecule has 0 unspecified atom stereocenters. The average Bonchev–Trinajstić information content (AvgIpc) is 2.62. The highest BCUT2D eigenvalue weighted by Gasteiger charge is 2.23. The molecule has 0 radical (unpaired) electrons. The normalized spacial score (nSPS) is 10.8. The van der Waals surface area contributed by atoms with E-state index >= 15 is 0 Å². The topological polar surface area (TPSA) is 124 Å². The maximum absolute atomic E-state index is 13.3. The molecule has 0 saturated heterocycles. The Kier molecular flexibility index (Phi) is 5.21. The molecule has 0 saturated carbocycles. The summed E-state index contributed by atoms with van der Waals surface area (Å²) < 4.78 is 1.26. The summed E-state index contributed by atoms with van der Waals surface area (Å²) in [5.41, 5.74) is 7.22. The van der Waals surface area contributed by atoms with Crippen LogP contribution in [0.5, 0.6) is 0 Å². The lowest BCUT2D eigenvalue weighted by molar-refractivity contribution is 0.102. The van der Waals surface area contributed by atoms with Crippen molar-refractivity contribution < 1.29 is 4.79 Å². The van der Waals surface area contributed by atoms with Gasteiger partial charge in [-0.15, -0.1) is 0 Å². The molecular formula is C20H21N5O3. The maximum atomic E-state index is 13.3. The molecule has 8 heteroatoms. The summed E-state index contributed by atoms with van der Waals surface area (Å²) in [5.74, 6) is -0.164. The van der Waals surface area contributed by atoms with Gasteiger partial charge < -0.3 is 5.73 Å². The highest BCUT2D eigenvalue weighted by molar-refractivity contribution is 6.07. The molecule has 0 bridgehead atoms. The number of aromatic nitrogens is 4. The second-order valence-corrected chi connectivity index (χ2v) is 6.62. The van der Waals surface area contributed by atoms with Crippen LogP contribution < -0.4 is 17.0 Å². The van der Waals surface area contributed by atoms with E-state index in [2.05, 4.69) is 15.0 Å². The van der Waals surface area contributed by atoms with Crippen molar-refractivity contribution >= 4 is 11.6 Å². The Morgan fingerprint density at radius 2 is 1.96 bits per heavy atom. The quantitative estimate of drug-likeness (QED) is 0.645. The Morgan fingerprint density at radius 3 is 2.61 bits per heavy atom. The fourth-order valence-corrected chi connectivity index (χ4v) is 3.20. The van der Waals surface area contributed by atoms with Gasteiger partial charge in [-0.2, -0.15) is 0 Å². The van der Waals surface area contributed by atoms with Crippen LogP contribution in [0.3, 0.4) is 0 Å². The summed E-state index contributed by atoms with van der Waals surface area (Å²) in [5, 5.41) is 0. The van der Waals surface area contributed by atoms with Crippen LogP contribution in [0.1, 0.15) is 45.5 Å². The lowest BCUT2D eigenvalue weighted by atomic mass is 10.0. The molecule has 0 aliphatic rings. The van der Waals surface area contributed by atoms with E-state index < -0.39 is 17.0 Å². The van der Waals surface area contributed by atoms with Crippen LogP contribution in [0.4, 0.5) is 5.82 Å². The third-order valence-corrected chi connectivity index (χ3v) is 4.38. The number of anilines is 1. The third-order valence-electron chi connectivity index (χ3n) is 4.38. The van der Waals surface area contributed by atoms with E-state index in [0.717, 1.165) is 5.56 Å². The predicted molar refractivity (Wildman–Crippen MR) is 106 cm³/mol. The molecule has 0 atom stereocenters. The number of aryl methyl sites for hydroxylation is 2. The minimum Gasteiger partial charge on any atom is -0.384 e. The van der Waals surface area contributed by atoms with Crippen molar-refractivity contribution in [2.75, 3.05) is 5.73 Å². The number of nitrogens with one attached hydrogen (secondary N) is 1. The van der Waals surface area contributed by atoms with Gasteiger partial charge >= 0.3 is 5.69 Å². The molecule has 3 aromatic rings. The predicted octanol–water partition coefficient (Wildman–Crippen LogP) is 1.37. The van der Waals surface area contributed by atoms with Crippen LogP contribution >= 0.6 is 0 Å². The first-order valence-electron chi connectivity index (χ1n) is 8.86. The molecule has 3 heterocycles. The number of ketones is 1. The van der Waals surface area contributed by atoms with E-state index in [9.17, 15) is 14.4 Å². The first kappa shape index (κ1) is 19.2. The fourth-order valence-electron chi connectivity index (χ4n) is 3.20. The van der Waals surface area contributed by atoms with Gasteiger partial charge in [-0.25, -0.2) is 14.8 Å². The monoisotopic (exact) mass is 379 g/mol. The first-order chi connectivity index (χ1) is 13.3. The second kappa shape index (κ2) is 7.59. The molecule has 0 spiro atoms. The summed E-state index contributed by atoms with van der Waals surface area (Å²) in [7, 11) is 0. The Morgan fingerprint density at radius 1 is 1.21 bits per heavy atom. The van der Waals surface area contributed by atoms with Crippen molar-refractivity contribution in [3.05, 3.63) is 85.1 Å². The molecule has 28 heavy (non-hydrogen) atoms. The van der Waals surface area contributed by atoms with Crippen molar-refractivity contribution in [2.45, 2.75) is 33.7 Å². The van der Waals surface area contributed by atoms with Crippen LogP contribution in [-0.4, -0.2) is 25.3 Å². The summed E-state index contributed by atoms with van der Waals surface area (Å²) in [6.07, 6.45) is 1.81. The lowest BCUT2D eigenvalue weighted by Gasteiger charge is -2.15. The van der Waals surface area contributed by atoms with Gasteiger partial charge in [0.05, 0.1) is 6.54 Å². The van der Waals surface area contributed by atoms with Crippen LogP contribution in [0, 0.1) is 13.8 Å². The average molecular weight is 379 g/mol. The summed E-state index contributed by atoms with van der Waals surface area (Å²) in [6, 6.07) is 6.81. The molecule has 3 rings (SSSR count). The first-order valence-corrected chi connectivity index (χ1v) is 8.86. The highest BCUT2D eigenvalue weighted by atomic mass is 16.2. The lowest BCUT2D eigenvalue weighted by Crippen LogP contribution is -2.37. The maximum Gasteiger partial charge on any atom is 0.329 e. The van der Waals surface area contributed by atoms with E-state index in [1.54, 1.807) is 32.0 Å². The number of pyridine rings is 2. The Hall–Kier alpha value is -3.55. The smallest absolute Gasteiger partial charge is 0.329 e. The fraction of sp³-hybridized carbons (Fsp3) is 0.250. The minimum absolute atomic E-state index is 0.0455. The van der Waals surface area contributed by atoms with E-state index in [1.165, 1.54) is 10.8 Å². The number of nitrogens with zero attached hydrogens (tertiary/aromatic N) is 3. The van der Waals surface area contributed by atoms with Gasteiger partial charge in [0.1, 0.15) is 17.2 Å². The largest absolute Gasteiger partial charge is 0.384 e. The van der Waals surface area contributed by atoms with Crippen molar-refractivity contribution in [3.63, 3.8) is 0 Å². The number of nitrogens with two attached hydrogens (primary N) is 1. The van der Waals surface area contributed by atoms with Gasteiger partial charge in [0.2, 0.25) is 5.78 Å². The zero-order valence-electron chi connectivity index (χ0n) is 15.9. The van der Waals surface area contributed by atoms with Crippen molar-refractivity contribution in [1.29, 1.82) is 0 Å². The van der Waals surface area contributed by atoms with Gasteiger partial charge in [0.25, 0.3) is 5.56 Å². The minimum atomic E-state index is -0.662. The Bertz CT molecular complexity index is 1160. The summed E-state index contributed by atoms with van der Waals surface area (Å²) in [6.45, 7) is 5.47. The van der Waals surface area contributed by atoms with Gasteiger partial charge in [0.15, 0.2) is 0 Å². The number of rotatable bonds is 5. The van der Waals surface area contributed by atoms with Gasteiger partial charge in [-0.05, 0) is 55.7 Å². The van der Waals surface area contributed by atoms with E-state index in [1.807, 2.05) is 13.0 Å². The van der Waals surface area contributed by atoms with Crippen LogP contribution in [0.25, 0.3) is 0 Å². The number of carbonyl (C=O) groups excluding carboxylic acids is 1. The molecule has 0 aliphatic heterocycles. The van der Waals surface area contributed by atoms with Crippen LogP contribution in [-0.2, 0) is 13.0 Å². The molecule has 3 N–H and O–H groups in total. The van der Waals surface area contributed by atoms with E-state index in [-0.39, 0.29) is 23.5 Å². The third kappa shape index (κ3) is 3.75. The van der Waals surface area contributed by atoms with Crippen molar-refractivity contribution in [3.8, 4) is 0 Å². The van der Waals surface area contributed by atoms with Gasteiger partial charge in [0, 0.05) is 17.5 Å². The number of nitrogen functional groups attached to an aromatic ring is 1. The second-order valence-electron chi connectivity index (χ2n) is 6.62. The number of carbonyl (C=O) groups is 1. The van der Waals surface area contributed by atoms with E-state index in [0.29, 0.717) is 23.5 Å². The number of hydrogen-bond donors (Lipinski definition) is 2. The van der Waals surface area contributed by atoms with Crippen LogP contribution in [0.2, 0.25) is 0 Å². The molecule has 0 amide bonds. The van der Waals surface area contributed by atoms with Crippen LogP contribution in [0.15, 0.2) is 40.1 Å². The summed E-state index contributed by atoms with van der Waals surface area (Å²) in [4.78, 5) is 48.8. The van der Waals surface area contributed by atoms with E-state index in [4.69, 9.17) is 5.73 Å². The van der Waals surface area contributed by atoms with Gasteiger partial charge in [-0.3, -0.25) is 19.1 Å². The molecule has 0 aromatic carbocycles. The molecule has 0 fully saturated rings. The van der Waals surface area contributed by atoms with Gasteiger partial charge in [-0.1, -0.05) is 6.92 Å². The zero-order valence-corrected chi connectivity index (χ0v) is 15.9. The molecular weight excluding hydrogens is 358 g/mol. The Balaban J connectivity index is 2.24. The number of H-pyrrole nitrogens is 1. The zero-order chi connectivity index (χ0) is 20.4. The standard InChI is InChI=1S/C20H21N5O3/c1-4-14-17(18(26)15-8-11(2)7-12(3)23-15)25(20(28)24-19(14)27)10-13-5-6-22-16(21)9-13/h5-9H,4,10H2,1-3H3,(H2,21,22)(H,24,27,28). The Labute approximate surface area is 161 Å². The highest BCUT2D eigenvalue weighted by Crippen LogP contribution is 2.14. The SMILES string of the molecule is CCc1c(C(=O)c2cc(C)cc(C)n2)n(Cc2ccnc(N)c2)c(=O)[nH]c1=O. The van der Waals surface area contributed by atoms with Crippen molar-refractivity contribution in [1.82, 2.24) is 19.5 Å². The molecule has 0 aliphatic carbocycles.